The maximum atomic E-state index is 6.17. The highest BCUT2D eigenvalue weighted by molar-refractivity contribution is 9.11. The van der Waals surface area contributed by atoms with Crippen LogP contribution >= 0.6 is 38.9 Å². The molecule has 1 nitrogen and oxygen atoms in total. The third-order valence-electron chi connectivity index (χ3n) is 3.39. The second-order valence-electron chi connectivity index (χ2n) is 5.01. The topological polar surface area (TPSA) is 12.0 Å². The van der Waals surface area contributed by atoms with Gasteiger partial charge in [-0.3, -0.25) is 0 Å². The van der Waals surface area contributed by atoms with E-state index in [1.165, 1.54) is 21.6 Å². The Kier molecular flexibility index (Phi) is 5.67. The van der Waals surface area contributed by atoms with E-state index in [9.17, 15) is 0 Å². The van der Waals surface area contributed by atoms with Gasteiger partial charge in [0, 0.05) is 10.9 Å². The first-order valence-corrected chi connectivity index (χ1v) is 8.74. The van der Waals surface area contributed by atoms with Gasteiger partial charge in [-0.15, -0.1) is 11.3 Å². The predicted molar refractivity (Wildman–Crippen MR) is 93.1 cm³/mol. The van der Waals surface area contributed by atoms with Gasteiger partial charge in [-0.2, -0.15) is 0 Å². The van der Waals surface area contributed by atoms with Gasteiger partial charge >= 0.3 is 0 Å². The minimum Gasteiger partial charge on any atom is -0.309 e. The Hall–Kier alpha value is -0.350. The van der Waals surface area contributed by atoms with Crippen molar-refractivity contribution in [1.29, 1.82) is 0 Å². The third-order valence-corrected chi connectivity index (χ3v) is 5.98. The van der Waals surface area contributed by atoms with Gasteiger partial charge in [0.05, 0.1) is 8.81 Å². The number of aryl methyl sites for hydroxylation is 2. The van der Waals surface area contributed by atoms with Crippen molar-refractivity contribution in [3.8, 4) is 0 Å². The molecular formula is C16H19BrClNS. The van der Waals surface area contributed by atoms with Crippen LogP contribution < -0.4 is 5.32 Å². The molecule has 108 valence electrons. The fourth-order valence-corrected chi connectivity index (χ4v) is 4.12. The van der Waals surface area contributed by atoms with Crippen molar-refractivity contribution in [3.63, 3.8) is 0 Å². The third kappa shape index (κ3) is 3.85. The zero-order valence-corrected chi connectivity index (χ0v) is 15.1. The molecule has 0 amide bonds. The molecule has 2 rings (SSSR count). The molecule has 4 heteroatoms. The highest BCUT2D eigenvalue weighted by atomic mass is 79.9. The van der Waals surface area contributed by atoms with E-state index in [-0.39, 0.29) is 0 Å². The van der Waals surface area contributed by atoms with E-state index in [1.807, 2.05) is 0 Å². The Morgan fingerprint density at radius 2 is 2.05 bits per heavy atom. The molecule has 1 N–H and O–H groups in total. The summed E-state index contributed by atoms with van der Waals surface area (Å²) in [7, 11) is 0. The number of likely N-dealkylation sites (N-methyl/N-ethyl adjacent to an activating group) is 1. The normalized spacial score (nSPS) is 12.7. The van der Waals surface area contributed by atoms with E-state index in [0.717, 1.165) is 21.8 Å². The van der Waals surface area contributed by atoms with E-state index in [4.69, 9.17) is 11.6 Å². The molecule has 0 bridgehead atoms. The lowest BCUT2D eigenvalue weighted by atomic mass is 9.98. The number of rotatable bonds is 5. The first-order valence-electron chi connectivity index (χ1n) is 6.75. The molecule has 0 aliphatic rings. The molecule has 2 aromatic rings. The van der Waals surface area contributed by atoms with Gasteiger partial charge in [-0.25, -0.2) is 0 Å². The first-order chi connectivity index (χ1) is 9.51. The number of halogens is 2. The van der Waals surface area contributed by atoms with Crippen LogP contribution in [0.4, 0.5) is 0 Å². The molecule has 20 heavy (non-hydrogen) atoms. The van der Waals surface area contributed by atoms with Crippen LogP contribution in [0.3, 0.4) is 0 Å². The number of thiophene rings is 1. The summed E-state index contributed by atoms with van der Waals surface area (Å²) in [5, 5.41) is 4.37. The van der Waals surface area contributed by atoms with Crippen LogP contribution in [0.1, 0.15) is 34.5 Å². The maximum Gasteiger partial charge on any atom is 0.0887 e. The van der Waals surface area contributed by atoms with Crippen molar-refractivity contribution in [2.24, 2.45) is 0 Å². The molecule has 1 aromatic heterocycles. The predicted octanol–water partition coefficient (Wildman–Crippen LogP) is 5.67. The standard InChI is InChI=1S/C16H19BrClNS/c1-4-19-14(15-9-13(18)16(17)20-15)8-12-7-10(2)5-6-11(12)3/h5-7,9,14,19H,4,8H2,1-3H3. The summed E-state index contributed by atoms with van der Waals surface area (Å²) in [5.74, 6) is 0. The Labute approximate surface area is 138 Å². The summed E-state index contributed by atoms with van der Waals surface area (Å²) in [6.07, 6.45) is 0.991. The zero-order chi connectivity index (χ0) is 14.7. The number of nitrogens with one attached hydrogen (secondary N) is 1. The van der Waals surface area contributed by atoms with Gasteiger partial charge in [0.1, 0.15) is 0 Å². The molecule has 0 saturated heterocycles. The van der Waals surface area contributed by atoms with Crippen LogP contribution in [0.2, 0.25) is 5.02 Å². The highest BCUT2D eigenvalue weighted by Crippen LogP contribution is 2.36. The van der Waals surface area contributed by atoms with Crippen LogP contribution in [-0.2, 0) is 6.42 Å². The SMILES string of the molecule is CCNC(Cc1cc(C)ccc1C)c1cc(Cl)c(Br)s1. The lowest BCUT2D eigenvalue weighted by molar-refractivity contribution is 0.557. The minimum atomic E-state index is 0.314. The molecule has 0 saturated carbocycles. The maximum absolute atomic E-state index is 6.17. The van der Waals surface area contributed by atoms with Crippen LogP contribution in [0.25, 0.3) is 0 Å². The molecule has 1 aromatic carbocycles. The molecule has 0 fully saturated rings. The van der Waals surface area contributed by atoms with E-state index in [1.54, 1.807) is 11.3 Å². The molecule has 1 unspecified atom stereocenters. The van der Waals surface area contributed by atoms with E-state index in [0.29, 0.717) is 6.04 Å². The van der Waals surface area contributed by atoms with Gasteiger partial charge in [-0.1, -0.05) is 42.3 Å². The van der Waals surface area contributed by atoms with E-state index >= 15 is 0 Å². The zero-order valence-electron chi connectivity index (χ0n) is 12.0. The molecule has 0 aliphatic heterocycles. The summed E-state index contributed by atoms with van der Waals surface area (Å²) < 4.78 is 1.01. The molecule has 1 heterocycles. The summed E-state index contributed by atoms with van der Waals surface area (Å²) in [4.78, 5) is 1.28. The van der Waals surface area contributed by atoms with Gasteiger partial charge < -0.3 is 5.32 Å². The Morgan fingerprint density at radius 1 is 1.30 bits per heavy atom. The van der Waals surface area contributed by atoms with Crippen molar-refractivity contribution in [2.75, 3.05) is 6.54 Å². The minimum absolute atomic E-state index is 0.314. The van der Waals surface area contributed by atoms with Crippen LogP contribution in [0.15, 0.2) is 28.1 Å². The summed E-state index contributed by atoms with van der Waals surface area (Å²) >= 11 is 11.4. The summed E-state index contributed by atoms with van der Waals surface area (Å²) in [6, 6.07) is 9.03. The molecule has 0 spiro atoms. The summed E-state index contributed by atoms with van der Waals surface area (Å²) in [6.45, 7) is 7.40. The van der Waals surface area contributed by atoms with Crippen molar-refractivity contribution in [2.45, 2.75) is 33.2 Å². The number of hydrogen-bond acceptors (Lipinski definition) is 2. The van der Waals surface area contributed by atoms with Gasteiger partial charge in [0.2, 0.25) is 0 Å². The van der Waals surface area contributed by atoms with Crippen molar-refractivity contribution < 1.29 is 0 Å². The molecule has 0 radical (unpaired) electrons. The smallest absolute Gasteiger partial charge is 0.0887 e. The fourth-order valence-electron chi connectivity index (χ4n) is 2.29. The second kappa shape index (κ2) is 7.08. The highest BCUT2D eigenvalue weighted by Gasteiger charge is 2.16. The largest absolute Gasteiger partial charge is 0.309 e. The van der Waals surface area contributed by atoms with Crippen molar-refractivity contribution >= 4 is 38.9 Å². The molecule has 1 atom stereocenters. The fraction of sp³-hybridized carbons (Fsp3) is 0.375. The van der Waals surface area contributed by atoms with E-state index < -0.39 is 0 Å². The summed E-state index contributed by atoms with van der Waals surface area (Å²) in [5.41, 5.74) is 4.06. The first kappa shape index (κ1) is 16.0. The lowest BCUT2D eigenvalue weighted by Gasteiger charge is -2.18. The van der Waals surface area contributed by atoms with Crippen LogP contribution in [0, 0.1) is 13.8 Å². The van der Waals surface area contributed by atoms with Crippen molar-refractivity contribution in [1.82, 2.24) is 5.32 Å². The van der Waals surface area contributed by atoms with Crippen LogP contribution in [-0.4, -0.2) is 6.54 Å². The Balaban J connectivity index is 2.27. The molecule has 0 aliphatic carbocycles. The monoisotopic (exact) mass is 371 g/mol. The average Bonchev–Trinajstić information content (AvgIpc) is 2.73. The van der Waals surface area contributed by atoms with Crippen molar-refractivity contribution in [3.05, 3.63) is 54.6 Å². The number of benzene rings is 1. The van der Waals surface area contributed by atoms with E-state index in [2.05, 4.69) is 66.3 Å². The second-order valence-corrected chi connectivity index (χ2v) is 7.82. The van der Waals surface area contributed by atoms with Gasteiger partial charge in [0.25, 0.3) is 0 Å². The lowest BCUT2D eigenvalue weighted by Crippen LogP contribution is -2.22. The molecular weight excluding hydrogens is 354 g/mol. The Bertz CT molecular complexity index is 575. The van der Waals surface area contributed by atoms with Gasteiger partial charge in [-0.05, 0) is 59.9 Å². The van der Waals surface area contributed by atoms with Gasteiger partial charge in [0.15, 0.2) is 0 Å². The quantitative estimate of drug-likeness (QED) is 0.712. The number of hydrogen-bond donors (Lipinski definition) is 1. The Morgan fingerprint density at radius 3 is 2.65 bits per heavy atom. The van der Waals surface area contributed by atoms with Crippen LogP contribution in [0.5, 0.6) is 0 Å². The average molecular weight is 373 g/mol.